The summed E-state index contributed by atoms with van der Waals surface area (Å²) in [4.78, 5) is 18.2. The third-order valence-corrected chi connectivity index (χ3v) is 5.89. The Morgan fingerprint density at radius 2 is 2.29 bits per heavy atom. The van der Waals surface area contributed by atoms with Gasteiger partial charge in [0.1, 0.15) is 11.5 Å². The number of carbonyl (C=O) groups is 1. The zero-order valence-electron chi connectivity index (χ0n) is 13.3. The number of hydrogen-bond acceptors (Lipinski definition) is 6. The molecule has 8 heteroatoms. The molecule has 0 radical (unpaired) electrons. The second-order valence-corrected chi connectivity index (χ2v) is 8.06. The number of nitrogens with one attached hydrogen (secondary N) is 1. The van der Waals surface area contributed by atoms with E-state index in [4.69, 9.17) is 4.42 Å². The molecule has 24 heavy (non-hydrogen) atoms. The van der Waals surface area contributed by atoms with Crippen molar-refractivity contribution in [2.75, 3.05) is 23.5 Å². The first-order valence-corrected chi connectivity index (χ1v) is 9.47. The fourth-order valence-electron chi connectivity index (χ4n) is 2.73. The second kappa shape index (κ2) is 6.64. The monoisotopic (exact) mass is 349 g/mol. The second-order valence-electron chi connectivity index (χ2n) is 5.83. The molecule has 0 aliphatic carbocycles. The number of anilines is 1. The summed E-state index contributed by atoms with van der Waals surface area (Å²) < 4.78 is 28.4. The smallest absolute Gasteiger partial charge is 0.270 e. The van der Waals surface area contributed by atoms with Gasteiger partial charge in [0.05, 0.1) is 24.3 Å². The van der Waals surface area contributed by atoms with E-state index in [-0.39, 0.29) is 35.7 Å². The van der Waals surface area contributed by atoms with Crippen LogP contribution in [0.15, 0.2) is 41.1 Å². The summed E-state index contributed by atoms with van der Waals surface area (Å²) in [5.74, 6) is 0.712. The lowest BCUT2D eigenvalue weighted by Gasteiger charge is -2.25. The van der Waals surface area contributed by atoms with Crippen LogP contribution in [0.25, 0.3) is 0 Å². The highest BCUT2D eigenvalue weighted by molar-refractivity contribution is 7.91. The number of furan rings is 1. The van der Waals surface area contributed by atoms with Crippen LogP contribution < -0.4 is 10.2 Å². The predicted octanol–water partition coefficient (Wildman–Crippen LogP) is 1.23. The predicted molar refractivity (Wildman–Crippen MR) is 89.6 cm³/mol. The lowest BCUT2D eigenvalue weighted by molar-refractivity contribution is 0.0943. The van der Waals surface area contributed by atoms with E-state index in [0.29, 0.717) is 12.2 Å². The number of nitrogens with zero attached hydrogens (tertiary/aromatic N) is 2. The lowest BCUT2D eigenvalue weighted by atomic mass is 10.2. The van der Waals surface area contributed by atoms with E-state index in [0.717, 1.165) is 5.69 Å². The summed E-state index contributed by atoms with van der Waals surface area (Å²) in [6.07, 6.45) is 3.70. The van der Waals surface area contributed by atoms with E-state index in [1.807, 2.05) is 11.9 Å². The van der Waals surface area contributed by atoms with Crippen molar-refractivity contribution >= 4 is 21.4 Å². The average Bonchev–Trinajstić information content (AvgIpc) is 3.21. The van der Waals surface area contributed by atoms with Crippen LogP contribution in [0, 0.1) is 0 Å². The standard InChI is InChI=1S/C16H19N3O4S/c1-19(13-5-8-24(21,22)11-13)12-4-6-17-15(9-12)16(20)18-10-14-3-2-7-23-14/h2-4,6-7,9,13H,5,8,10-11H2,1H3,(H,18,20). The van der Waals surface area contributed by atoms with Crippen LogP contribution in [0.3, 0.4) is 0 Å². The minimum Gasteiger partial charge on any atom is -0.467 e. The molecule has 1 fully saturated rings. The van der Waals surface area contributed by atoms with Crippen molar-refractivity contribution in [2.24, 2.45) is 0 Å². The van der Waals surface area contributed by atoms with Crippen molar-refractivity contribution in [1.29, 1.82) is 0 Å². The van der Waals surface area contributed by atoms with Crippen molar-refractivity contribution < 1.29 is 17.6 Å². The zero-order chi connectivity index (χ0) is 17.2. The van der Waals surface area contributed by atoms with E-state index >= 15 is 0 Å². The van der Waals surface area contributed by atoms with Gasteiger partial charge in [-0.1, -0.05) is 0 Å². The molecule has 128 valence electrons. The Kier molecular flexibility index (Phi) is 4.57. The molecule has 2 aromatic rings. The Hall–Kier alpha value is -2.35. The highest BCUT2D eigenvalue weighted by atomic mass is 32.2. The van der Waals surface area contributed by atoms with Gasteiger partial charge in [-0.05, 0) is 30.7 Å². The summed E-state index contributed by atoms with van der Waals surface area (Å²) in [6.45, 7) is 0.286. The molecule has 0 spiro atoms. The number of sulfone groups is 1. The van der Waals surface area contributed by atoms with Crippen LogP contribution in [-0.4, -0.2) is 43.9 Å². The number of aromatic nitrogens is 1. The molecule has 1 amide bonds. The van der Waals surface area contributed by atoms with Gasteiger partial charge in [0, 0.05) is 25.0 Å². The number of carbonyl (C=O) groups excluding carboxylic acids is 1. The summed E-state index contributed by atoms with van der Waals surface area (Å²) in [5.41, 5.74) is 1.06. The highest BCUT2D eigenvalue weighted by Gasteiger charge is 2.31. The van der Waals surface area contributed by atoms with Gasteiger partial charge >= 0.3 is 0 Å². The quantitative estimate of drug-likeness (QED) is 0.873. The summed E-state index contributed by atoms with van der Waals surface area (Å²) in [7, 11) is -1.12. The van der Waals surface area contributed by atoms with Gasteiger partial charge in [-0.2, -0.15) is 0 Å². The van der Waals surface area contributed by atoms with E-state index in [1.165, 1.54) is 0 Å². The van der Waals surface area contributed by atoms with Crippen LogP contribution in [-0.2, 0) is 16.4 Å². The van der Waals surface area contributed by atoms with Crippen molar-refractivity contribution in [2.45, 2.75) is 19.0 Å². The molecule has 1 N–H and O–H groups in total. The molecule has 0 saturated carbocycles. The fourth-order valence-corrected chi connectivity index (χ4v) is 4.50. The van der Waals surface area contributed by atoms with E-state index in [9.17, 15) is 13.2 Å². The first-order valence-electron chi connectivity index (χ1n) is 7.64. The van der Waals surface area contributed by atoms with Crippen LogP contribution in [0.5, 0.6) is 0 Å². The molecule has 1 saturated heterocycles. The van der Waals surface area contributed by atoms with Crippen molar-refractivity contribution in [3.05, 3.63) is 48.2 Å². The number of pyridine rings is 1. The van der Waals surface area contributed by atoms with Crippen LogP contribution in [0.1, 0.15) is 22.7 Å². The van der Waals surface area contributed by atoms with Crippen molar-refractivity contribution in [3.63, 3.8) is 0 Å². The van der Waals surface area contributed by atoms with Crippen LogP contribution in [0.2, 0.25) is 0 Å². The maximum absolute atomic E-state index is 12.2. The molecule has 7 nitrogen and oxygen atoms in total. The summed E-state index contributed by atoms with van der Waals surface area (Å²) in [5, 5.41) is 2.74. The van der Waals surface area contributed by atoms with Gasteiger partial charge < -0.3 is 14.6 Å². The molecule has 2 aromatic heterocycles. The third kappa shape index (κ3) is 3.76. The molecule has 0 bridgehead atoms. The lowest BCUT2D eigenvalue weighted by Crippen LogP contribution is -2.33. The molecule has 3 heterocycles. The normalized spacial score (nSPS) is 19.1. The fraction of sp³-hybridized carbons (Fsp3) is 0.375. The first kappa shape index (κ1) is 16.5. The van der Waals surface area contributed by atoms with E-state index < -0.39 is 9.84 Å². The Balaban J connectivity index is 1.68. The zero-order valence-corrected chi connectivity index (χ0v) is 14.1. The molecule has 1 aliphatic rings. The van der Waals surface area contributed by atoms with Gasteiger partial charge in [-0.25, -0.2) is 8.42 Å². The topological polar surface area (TPSA) is 92.5 Å². The SMILES string of the molecule is CN(c1ccnc(C(=O)NCc2ccco2)c1)C1CCS(=O)(=O)C1. The maximum atomic E-state index is 12.2. The molecule has 1 unspecified atom stereocenters. The number of hydrogen-bond donors (Lipinski definition) is 1. The van der Waals surface area contributed by atoms with Crippen LogP contribution >= 0.6 is 0 Å². The molecule has 3 rings (SSSR count). The first-order chi connectivity index (χ1) is 11.4. The van der Waals surface area contributed by atoms with E-state index in [2.05, 4.69) is 10.3 Å². The van der Waals surface area contributed by atoms with Gasteiger partial charge in [0.2, 0.25) is 0 Å². The Labute approximate surface area is 140 Å². The van der Waals surface area contributed by atoms with Crippen LogP contribution in [0.4, 0.5) is 5.69 Å². The number of rotatable bonds is 5. The maximum Gasteiger partial charge on any atom is 0.270 e. The Bertz CT molecular complexity index is 818. The van der Waals surface area contributed by atoms with Gasteiger partial charge in [0.25, 0.3) is 5.91 Å². The van der Waals surface area contributed by atoms with Gasteiger partial charge in [0.15, 0.2) is 9.84 Å². The average molecular weight is 349 g/mol. The van der Waals surface area contributed by atoms with E-state index in [1.54, 1.807) is 36.7 Å². The highest BCUT2D eigenvalue weighted by Crippen LogP contribution is 2.23. The van der Waals surface area contributed by atoms with Crippen molar-refractivity contribution in [1.82, 2.24) is 10.3 Å². The third-order valence-electron chi connectivity index (χ3n) is 4.14. The van der Waals surface area contributed by atoms with Crippen molar-refractivity contribution in [3.8, 4) is 0 Å². The Morgan fingerprint density at radius 1 is 1.46 bits per heavy atom. The summed E-state index contributed by atoms with van der Waals surface area (Å²) >= 11 is 0. The van der Waals surface area contributed by atoms with Gasteiger partial charge in [-0.15, -0.1) is 0 Å². The number of amides is 1. The Morgan fingerprint density at radius 3 is 2.96 bits per heavy atom. The molecule has 1 aliphatic heterocycles. The minimum atomic E-state index is -2.96. The minimum absolute atomic E-state index is 0.0728. The molecule has 0 aromatic carbocycles. The molecular formula is C16H19N3O4S. The van der Waals surface area contributed by atoms with Gasteiger partial charge in [-0.3, -0.25) is 9.78 Å². The molecule has 1 atom stereocenters. The molecular weight excluding hydrogens is 330 g/mol. The largest absolute Gasteiger partial charge is 0.467 e. The summed E-state index contributed by atoms with van der Waals surface area (Å²) in [6, 6.07) is 6.90.